The van der Waals surface area contributed by atoms with Gasteiger partial charge in [-0.25, -0.2) is 0 Å². The van der Waals surface area contributed by atoms with Crippen molar-refractivity contribution in [2.24, 2.45) is 4.99 Å². The molecule has 3 aliphatic rings. The number of aliphatic imine (C=N–C) groups is 1. The van der Waals surface area contributed by atoms with E-state index in [0.717, 1.165) is 58.4 Å². The molecule has 1 unspecified atom stereocenters. The van der Waals surface area contributed by atoms with Crippen LogP contribution in [0.2, 0.25) is 0 Å². The van der Waals surface area contributed by atoms with Gasteiger partial charge in [-0.05, 0) is 33.0 Å². The highest BCUT2D eigenvalue weighted by Crippen LogP contribution is 2.17. The Balaban J connectivity index is 0.00000243. The van der Waals surface area contributed by atoms with Gasteiger partial charge in [0.1, 0.15) is 0 Å². The Labute approximate surface area is 176 Å². The highest BCUT2D eigenvalue weighted by Gasteiger charge is 2.30. The van der Waals surface area contributed by atoms with Gasteiger partial charge < -0.3 is 24.8 Å². The summed E-state index contributed by atoms with van der Waals surface area (Å²) >= 11 is 0. The van der Waals surface area contributed by atoms with Crippen molar-refractivity contribution in [3.63, 3.8) is 0 Å². The fraction of sp³-hybridized carbons (Fsp3) is 0.944. The molecular weight excluding hydrogens is 443 g/mol. The SMILES string of the molecule is CN=C(NCCN1CCCN(C)CC1)N1CCC(N2CCOCC2)C1.I. The van der Waals surface area contributed by atoms with Crippen LogP contribution in [0.5, 0.6) is 0 Å². The van der Waals surface area contributed by atoms with Crippen molar-refractivity contribution in [1.82, 2.24) is 24.9 Å². The standard InChI is InChI=1S/C18H36N6O.HI/c1-19-18(20-5-9-22-7-3-6-21(2)10-11-22)24-8-4-17(16-24)23-12-14-25-15-13-23;/h17H,3-16H2,1-2H3,(H,19,20);1H. The zero-order valence-corrected chi connectivity index (χ0v) is 18.9. The van der Waals surface area contributed by atoms with Gasteiger partial charge in [0.15, 0.2) is 5.96 Å². The molecule has 0 aromatic heterocycles. The molecule has 0 aromatic rings. The van der Waals surface area contributed by atoms with E-state index in [1.807, 2.05) is 7.05 Å². The van der Waals surface area contributed by atoms with E-state index in [9.17, 15) is 0 Å². The third kappa shape index (κ3) is 6.47. The van der Waals surface area contributed by atoms with Gasteiger partial charge in [-0.3, -0.25) is 9.89 Å². The summed E-state index contributed by atoms with van der Waals surface area (Å²) in [6, 6.07) is 0.656. The molecule has 3 aliphatic heterocycles. The van der Waals surface area contributed by atoms with Crippen LogP contribution in [0.4, 0.5) is 0 Å². The summed E-state index contributed by atoms with van der Waals surface area (Å²) in [6.07, 6.45) is 2.51. The number of nitrogens with zero attached hydrogens (tertiary/aromatic N) is 5. The van der Waals surface area contributed by atoms with E-state index < -0.39 is 0 Å². The zero-order chi connectivity index (χ0) is 17.5. The minimum absolute atomic E-state index is 0. The lowest BCUT2D eigenvalue weighted by molar-refractivity contribution is 0.0195. The van der Waals surface area contributed by atoms with Crippen molar-refractivity contribution in [3.8, 4) is 0 Å². The van der Waals surface area contributed by atoms with Crippen molar-refractivity contribution >= 4 is 29.9 Å². The zero-order valence-electron chi connectivity index (χ0n) is 16.5. The van der Waals surface area contributed by atoms with Crippen LogP contribution in [0.25, 0.3) is 0 Å². The van der Waals surface area contributed by atoms with Crippen LogP contribution < -0.4 is 5.32 Å². The molecule has 0 amide bonds. The van der Waals surface area contributed by atoms with Gasteiger partial charge in [0.05, 0.1) is 13.2 Å². The second-order valence-electron chi connectivity index (χ2n) is 7.51. The molecule has 3 rings (SSSR count). The molecule has 3 fully saturated rings. The summed E-state index contributed by atoms with van der Waals surface area (Å²) in [4.78, 5) is 14.5. The summed E-state index contributed by atoms with van der Waals surface area (Å²) in [6.45, 7) is 13.0. The number of halogens is 1. The molecule has 152 valence electrons. The highest BCUT2D eigenvalue weighted by molar-refractivity contribution is 14.0. The van der Waals surface area contributed by atoms with Gasteiger partial charge in [0.25, 0.3) is 0 Å². The first-order chi connectivity index (χ1) is 12.3. The quantitative estimate of drug-likeness (QED) is 0.353. The molecule has 1 atom stereocenters. The van der Waals surface area contributed by atoms with E-state index in [0.29, 0.717) is 6.04 Å². The molecule has 0 spiro atoms. The van der Waals surface area contributed by atoms with Crippen LogP contribution in [-0.4, -0.2) is 124 Å². The highest BCUT2D eigenvalue weighted by atomic mass is 127. The van der Waals surface area contributed by atoms with Gasteiger partial charge in [-0.2, -0.15) is 0 Å². The molecule has 8 heteroatoms. The number of rotatable bonds is 4. The van der Waals surface area contributed by atoms with Crippen LogP contribution in [0.15, 0.2) is 4.99 Å². The lowest BCUT2D eigenvalue weighted by atomic mass is 10.2. The Kier molecular flexibility index (Phi) is 9.90. The van der Waals surface area contributed by atoms with E-state index in [-0.39, 0.29) is 24.0 Å². The smallest absolute Gasteiger partial charge is 0.193 e. The van der Waals surface area contributed by atoms with Crippen LogP contribution in [0.1, 0.15) is 12.8 Å². The van der Waals surface area contributed by atoms with Crippen molar-refractivity contribution in [2.45, 2.75) is 18.9 Å². The number of nitrogens with one attached hydrogen (secondary N) is 1. The normalized spacial score (nSPS) is 27.2. The number of likely N-dealkylation sites (N-methyl/N-ethyl adjacent to an activating group) is 1. The summed E-state index contributed by atoms with van der Waals surface area (Å²) in [5.74, 6) is 1.07. The fourth-order valence-corrected chi connectivity index (χ4v) is 4.16. The molecule has 26 heavy (non-hydrogen) atoms. The summed E-state index contributed by atoms with van der Waals surface area (Å²) in [5.41, 5.74) is 0. The molecule has 7 nitrogen and oxygen atoms in total. The number of morpholine rings is 1. The van der Waals surface area contributed by atoms with Crippen LogP contribution in [-0.2, 0) is 4.74 Å². The molecular formula is C18H37IN6O. The van der Waals surface area contributed by atoms with E-state index in [4.69, 9.17) is 4.74 Å². The van der Waals surface area contributed by atoms with Gasteiger partial charge in [0.2, 0.25) is 0 Å². The first-order valence-electron chi connectivity index (χ1n) is 9.94. The summed E-state index contributed by atoms with van der Waals surface area (Å²) < 4.78 is 5.48. The summed E-state index contributed by atoms with van der Waals surface area (Å²) in [5, 5.41) is 3.59. The maximum Gasteiger partial charge on any atom is 0.193 e. The average molecular weight is 480 g/mol. The monoisotopic (exact) mass is 480 g/mol. The second-order valence-corrected chi connectivity index (χ2v) is 7.51. The Bertz CT molecular complexity index is 432. The Hall–Kier alpha value is -0.160. The van der Waals surface area contributed by atoms with Crippen LogP contribution >= 0.6 is 24.0 Å². The Morgan fingerprint density at radius 3 is 2.65 bits per heavy atom. The topological polar surface area (TPSA) is 46.6 Å². The first-order valence-corrected chi connectivity index (χ1v) is 9.94. The van der Waals surface area contributed by atoms with Crippen molar-refractivity contribution in [2.75, 3.05) is 92.8 Å². The number of guanidine groups is 1. The number of likely N-dealkylation sites (tertiary alicyclic amines) is 1. The number of ether oxygens (including phenoxy) is 1. The van der Waals surface area contributed by atoms with Gasteiger partial charge in [0, 0.05) is 65.4 Å². The molecule has 0 bridgehead atoms. The first kappa shape index (κ1) is 22.1. The maximum atomic E-state index is 5.48. The minimum atomic E-state index is 0. The second kappa shape index (κ2) is 11.6. The van der Waals surface area contributed by atoms with Gasteiger partial charge in [-0.1, -0.05) is 0 Å². The lowest BCUT2D eigenvalue weighted by Crippen LogP contribution is -2.47. The Morgan fingerprint density at radius 2 is 1.88 bits per heavy atom. The maximum absolute atomic E-state index is 5.48. The van der Waals surface area contributed by atoms with Crippen molar-refractivity contribution in [1.29, 1.82) is 0 Å². The fourth-order valence-electron chi connectivity index (χ4n) is 4.16. The molecule has 3 saturated heterocycles. The lowest BCUT2D eigenvalue weighted by Gasteiger charge is -2.32. The van der Waals surface area contributed by atoms with Crippen LogP contribution in [0.3, 0.4) is 0 Å². The van der Waals surface area contributed by atoms with E-state index in [1.54, 1.807) is 0 Å². The predicted molar refractivity (Wildman–Crippen MR) is 118 cm³/mol. The third-order valence-corrected chi connectivity index (χ3v) is 5.76. The largest absolute Gasteiger partial charge is 0.379 e. The average Bonchev–Trinajstić information content (AvgIpc) is 3.04. The molecule has 0 aromatic carbocycles. The van der Waals surface area contributed by atoms with Crippen molar-refractivity contribution < 1.29 is 4.74 Å². The molecule has 0 aliphatic carbocycles. The van der Waals surface area contributed by atoms with E-state index in [2.05, 4.69) is 37.0 Å². The molecule has 0 saturated carbocycles. The molecule has 0 radical (unpaired) electrons. The van der Waals surface area contributed by atoms with E-state index in [1.165, 1.54) is 39.0 Å². The third-order valence-electron chi connectivity index (χ3n) is 5.76. The number of hydrogen-bond donors (Lipinski definition) is 1. The molecule has 3 heterocycles. The van der Waals surface area contributed by atoms with Crippen LogP contribution in [0, 0.1) is 0 Å². The molecule has 1 N–H and O–H groups in total. The van der Waals surface area contributed by atoms with E-state index >= 15 is 0 Å². The van der Waals surface area contributed by atoms with Gasteiger partial charge in [-0.15, -0.1) is 24.0 Å². The van der Waals surface area contributed by atoms with Gasteiger partial charge >= 0.3 is 0 Å². The minimum Gasteiger partial charge on any atom is -0.379 e. The predicted octanol–water partition coefficient (Wildman–Crippen LogP) is 0.224. The Morgan fingerprint density at radius 1 is 1.08 bits per heavy atom. The number of hydrogen-bond acceptors (Lipinski definition) is 5. The summed E-state index contributed by atoms with van der Waals surface area (Å²) in [7, 11) is 4.13. The van der Waals surface area contributed by atoms with Crippen molar-refractivity contribution in [3.05, 3.63) is 0 Å².